The van der Waals surface area contributed by atoms with Gasteiger partial charge in [0.05, 0.1) is 6.61 Å². The van der Waals surface area contributed by atoms with E-state index in [1.54, 1.807) is 0 Å². The predicted molar refractivity (Wildman–Crippen MR) is 29.2 cm³/mol. The molecule has 0 amide bonds. The molecule has 0 bridgehead atoms. The zero-order chi connectivity index (χ0) is 5.11. The highest BCUT2D eigenvalue weighted by molar-refractivity contribution is 9.09. The molecule has 1 aliphatic heterocycles. The topological polar surface area (TPSA) is 18.5 Å². The van der Waals surface area contributed by atoms with Gasteiger partial charge in [0.25, 0.3) is 0 Å². The summed E-state index contributed by atoms with van der Waals surface area (Å²) in [7, 11) is 0. The minimum Gasteiger partial charge on any atom is -0.355 e. The molecule has 0 aromatic rings. The number of halogens is 1. The zero-order valence-corrected chi connectivity index (χ0v) is 5.48. The van der Waals surface area contributed by atoms with Crippen molar-refractivity contribution in [1.82, 2.24) is 0 Å². The molecular weight excluding hydrogens is 160 g/mol. The lowest BCUT2D eigenvalue weighted by molar-refractivity contribution is -0.107. The van der Waals surface area contributed by atoms with Crippen LogP contribution in [0.25, 0.3) is 0 Å². The standard InChI is InChI=1S/C4H7BrO2/c5-4-1-2-6-3-7-4/h4H,1-3H2. The normalized spacial score (nSPS) is 33.0. The van der Waals surface area contributed by atoms with Crippen molar-refractivity contribution in [3.05, 3.63) is 0 Å². The maximum Gasteiger partial charge on any atom is 0.148 e. The van der Waals surface area contributed by atoms with Gasteiger partial charge in [-0.1, -0.05) is 15.9 Å². The first-order valence-electron chi connectivity index (χ1n) is 2.23. The van der Waals surface area contributed by atoms with E-state index >= 15 is 0 Å². The third-order valence-electron chi connectivity index (χ3n) is 0.821. The molecule has 0 aromatic carbocycles. The molecule has 1 heterocycles. The molecule has 3 heteroatoms. The maximum absolute atomic E-state index is 4.97. The predicted octanol–water partition coefficient (Wildman–Crippen LogP) is 1.10. The highest BCUT2D eigenvalue weighted by atomic mass is 79.9. The van der Waals surface area contributed by atoms with Crippen LogP contribution in [0, 0.1) is 0 Å². The molecule has 1 rings (SSSR count). The van der Waals surface area contributed by atoms with Gasteiger partial charge in [-0.15, -0.1) is 0 Å². The van der Waals surface area contributed by atoms with E-state index in [1.807, 2.05) is 0 Å². The molecule has 1 atom stereocenters. The molecular formula is C4H7BrO2. The van der Waals surface area contributed by atoms with Gasteiger partial charge < -0.3 is 9.47 Å². The Morgan fingerprint density at radius 2 is 2.43 bits per heavy atom. The molecule has 42 valence electrons. The van der Waals surface area contributed by atoms with Crippen LogP contribution in [0.1, 0.15) is 6.42 Å². The van der Waals surface area contributed by atoms with Gasteiger partial charge in [-0.2, -0.15) is 0 Å². The van der Waals surface area contributed by atoms with Crippen LogP contribution in [-0.4, -0.2) is 18.4 Å². The van der Waals surface area contributed by atoms with Crippen molar-refractivity contribution in [2.45, 2.75) is 11.4 Å². The molecule has 2 nitrogen and oxygen atoms in total. The van der Waals surface area contributed by atoms with Crippen molar-refractivity contribution >= 4 is 15.9 Å². The van der Waals surface area contributed by atoms with Crippen LogP contribution in [-0.2, 0) is 9.47 Å². The highest BCUT2D eigenvalue weighted by Crippen LogP contribution is 2.10. The summed E-state index contributed by atoms with van der Waals surface area (Å²) in [5, 5.41) is 0.223. The molecule has 1 saturated heterocycles. The summed E-state index contributed by atoms with van der Waals surface area (Å²) >= 11 is 3.29. The van der Waals surface area contributed by atoms with Crippen molar-refractivity contribution < 1.29 is 9.47 Å². The molecule has 1 unspecified atom stereocenters. The Bertz CT molecular complexity index is 51.7. The van der Waals surface area contributed by atoms with E-state index in [4.69, 9.17) is 9.47 Å². The summed E-state index contributed by atoms with van der Waals surface area (Å²) in [6.07, 6.45) is 0.958. The SMILES string of the molecule is BrC1CCOCO1. The molecule has 1 fully saturated rings. The Balaban J connectivity index is 2.12. The van der Waals surface area contributed by atoms with Crippen LogP contribution < -0.4 is 0 Å². The smallest absolute Gasteiger partial charge is 0.148 e. The van der Waals surface area contributed by atoms with Crippen LogP contribution in [0.4, 0.5) is 0 Å². The Kier molecular flexibility index (Phi) is 2.09. The van der Waals surface area contributed by atoms with Gasteiger partial charge in [0.2, 0.25) is 0 Å². The van der Waals surface area contributed by atoms with Gasteiger partial charge in [0.15, 0.2) is 0 Å². The Morgan fingerprint density at radius 1 is 1.57 bits per heavy atom. The average Bonchev–Trinajstić information content (AvgIpc) is 1.69. The lowest BCUT2D eigenvalue weighted by Gasteiger charge is -2.16. The van der Waals surface area contributed by atoms with Crippen LogP contribution >= 0.6 is 15.9 Å². The van der Waals surface area contributed by atoms with Gasteiger partial charge in [0, 0.05) is 6.42 Å². The van der Waals surface area contributed by atoms with Gasteiger partial charge in [-0.3, -0.25) is 0 Å². The van der Waals surface area contributed by atoms with Crippen molar-refractivity contribution in [1.29, 1.82) is 0 Å². The van der Waals surface area contributed by atoms with Crippen LogP contribution in [0.15, 0.2) is 0 Å². The van der Waals surface area contributed by atoms with Gasteiger partial charge in [0.1, 0.15) is 11.8 Å². The lowest BCUT2D eigenvalue weighted by Crippen LogP contribution is -2.17. The van der Waals surface area contributed by atoms with Crippen molar-refractivity contribution in [3.8, 4) is 0 Å². The van der Waals surface area contributed by atoms with E-state index in [-0.39, 0.29) is 5.01 Å². The molecule has 0 aromatic heterocycles. The minimum atomic E-state index is 0.223. The fourth-order valence-corrected chi connectivity index (χ4v) is 0.735. The molecule has 0 spiro atoms. The number of rotatable bonds is 0. The molecule has 0 radical (unpaired) electrons. The fourth-order valence-electron chi connectivity index (χ4n) is 0.440. The van der Waals surface area contributed by atoms with E-state index in [9.17, 15) is 0 Å². The Labute approximate surface area is 50.9 Å². The fraction of sp³-hybridized carbons (Fsp3) is 1.00. The first-order chi connectivity index (χ1) is 3.39. The average molecular weight is 167 g/mol. The minimum absolute atomic E-state index is 0.223. The number of ether oxygens (including phenoxy) is 2. The molecule has 1 aliphatic rings. The van der Waals surface area contributed by atoms with E-state index in [0.29, 0.717) is 6.79 Å². The largest absolute Gasteiger partial charge is 0.355 e. The number of hydrogen-bond acceptors (Lipinski definition) is 2. The first kappa shape index (κ1) is 5.54. The summed E-state index contributed by atoms with van der Waals surface area (Å²) in [5.74, 6) is 0. The van der Waals surface area contributed by atoms with Crippen LogP contribution in [0.2, 0.25) is 0 Å². The molecule has 0 aliphatic carbocycles. The van der Waals surface area contributed by atoms with E-state index in [0.717, 1.165) is 13.0 Å². The van der Waals surface area contributed by atoms with Crippen LogP contribution in [0.3, 0.4) is 0 Å². The second kappa shape index (κ2) is 2.64. The van der Waals surface area contributed by atoms with Crippen molar-refractivity contribution in [2.24, 2.45) is 0 Å². The third kappa shape index (κ3) is 1.76. The molecule has 0 N–H and O–H groups in total. The Hall–Kier alpha value is 0.400. The summed E-state index contributed by atoms with van der Waals surface area (Å²) in [6.45, 7) is 1.26. The van der Waals surface area contributed by atoms with E-state index < -0.39 is 0 Å². The summed E-state index contributed by atoms with van der Waals surface area (Å²) < 4.78 is 9.86. The van der Waals surface area contributed by atoms with Gasteiger partial charge in [-0.25, -0.2) is 0 Å². The highest BCUT2D eigenvalue weighted by Gasteiger charge is 2.07. The molecule has 7 heavy (non-hydrogen) atoms. The van der Waals surface area contributed by atoms with E-state index in [1.165, 1.54) is 0 Å². The van der Waals surface area contributed by atoms with Gasteiger partial charge >= 0.3 is 0 Å². The summed E-state index contributed by atoms with van der Waals surface area (Å²) in [6, 6.07) is 0. The van der Waals surface area contributed by atoms with Crippen molar-refractivity contribution in [3.63, 3.8) is 0 Å². The van der Waals surface area contributed by atoms with E-state index in [2.05, 4.69) is 15.9 Å². The molecule has 0 saturated carbocycles. The van der Waals surface area contributed by atoms with Crippen LogP contribution in [0.5, 0.6) is 0 Å². The second-order valence-electron chi connectivity index (χ2n) is 1.39. The third-order valence-corrected chi connectivity index (χ3v) is 1.54. The Morgan fingerprint density at radius 3 is 2.71 bits per heavy atom. The van der Waals surface area contributed by atoms with Gasteiger partial charge in [-0.05, 0) is 0 Å². The monoisotopic (exact) mass is 166 g/mol. The first-order valence-corrected chi connectivity index (χ1v) is 3.14. The summed E-state index contributed by atoms with van der Waals surface area (Å²) in [4.78, 5) is 0. The number of alkyl halides is 1. The maximum atomic E-state index is 4.97. The van der Waals surface area contributed by atoms with Crippen molar-refractivity contribution in [2.75, 3.05) is 13.4 Å². The second-order valence-corrected chi connectivity index (χ2v) is 2.41. The number of hydrogen-bond donors (Lipinski definition) is 0. The quantitative estimate of drug-likeness (QED) is 0.503. The lowest BCUT2D eigenvalue weighted by atomic mass is 10.5. The summed E-state index contributed by atoms with van der Waals surface area (Å²) in [5.41, 5.74) is 0. The zero-order valence-electron chi connectivity index (χ0n) is 3.89.